The third-order valence-electron chi connectivity index (χ3n) is 10.1. The lowest BCUT2D eigenvalue weighted by atomic mass is 9.85. The van der Waals surface area contributed by atoms with Crippen LogP contribution < -0.4 is 5.32 Å². The molecule has 0 radical (unpaired) electrons. The van der Waals surface area contributed by atoms with Gasteiger partial charge in [0, 0.05) is 13.0 Å². The number of carbonyl (C=O) groups is 3. The minimum atomic E-state index is -1.01. The molecule has 6 heteroatoms. The number of carboxylic acid groups (broad SMARTS) is 1. The third-order valence-corrected chi connectivity index (χ3v) is 10.1. The highest BCUT2D eigenvalue weighted by Gasteiger charge is 2.38. The topological polar surface area (TPSA) is 86.7 Å². The van der Waals surface area contributed by atoms with E-state index in [-0.39, 0.29) is 23.7 Å². The molecule has 6 rings (SSSR count). The van der Waals surface area contributed by atoms with Gasteiger partial charge in [-0.3, -0.25) is 14.4 Å². The molecule has 2 atom stereocenters. The molecule has 2 N–H and O–H groups in total. The van der Waals surface area contributed by atoms with E-state index in [9.17, 15) is 19.5 Å². The Morgan fingerprint density at radius 1 is 0.812 bits per heavy atom. The molecule has 2 aliphatic rings. The van der Waals surface area contributed by atoms with Crippen molar-refractivity contribution in [1.29, 1.82) is 0 Å². The van der Waals surface area contributed by atoms with E-state index in [0.717, 1.165) is 59.1 Å². The van der Waals surface area contributed by atoms with Gasteiger partial charge in [-0.2, -0.15) is 0 Å². The van der Waals surface area contributed by atoms with Gasteiger partial charge >= 0.3 is 5.97 Å². The van der Waals surface area contributed by atoms with E-state index >= 15 is 0 Å². The first-order valence-electron chi connectivity index (χ1n) is 17.3. The van der Waals surface area contributed by atoms with Crippen molar-refractivity contribution in [2.45, 2.75) is 83.2 Å². The lowest BCUT2D eigenvalue weighted by Gasteiger charge is -2.38. The zero-order chi connectivity index (χ0) is 33.8. The Morgan fingerprint density at radius 3 is 2.06 bits per heavy atom. The number of nitrogens with one attached hydrogen (secondary N) is 1. The van der Waals surface area contributed by atoms with Gasteiger partial charge in [-0.05, 0) is 81.2 Å². The molecule has 2 amide bonds. The monoisotopic (exact) mass is 642 g/mol. The summed E-state index contributed by atoms with van der Waals surface area (Å²) in [4.78, 5) is 42.2. The maximum Gasteiger partial charge on any atom is 0.305 e. The summed E-state index contributed by atoms with van der Waals surface area (Å²) in [7, 11) is 0. The van der Waals surface area contributed by atoms with Gasteiger partial charge in [0.15, 0.2) is 0 Å². The van der Waals surface area contributed by atoms with Gasteiger partial charge in [0.2, 0.25) is 11.8 Å². The molecule has 248 valence electrons. The van der Waals surface area contributed by atoms with Gasteiger partial charge < -0.3 is 15.3 Å². The lowest BCUT2D eigenvalue weighted by Crippen LogP contribution is -2.48. The number of carbonyl (C=O) groups excluding carboxylic acids is 2. The highest BCUT2D eigenvalue weighted by Crippen LogP contribution is 2.37. The second-order valence-electron chi connectivity index (χ2n) is 14.5. The summed E-state index contributed by atoms with van der Waals surface area (Å²) in [5.41, 5.74) is 7.92. The number of aliphatic carboxylic acids is 1. The van der Waals surface area contributed by atoms with Crippen molar-refractivity contribution < 1.29 is 19.5 Å². The first kappa shape index (κ1) is 33.2. The zero-order valence-electron chi connectivity index (χ0n) is 28.2. The number of nitrogens with zero attached hydrogens (tertiary/aromatic N) is 1. The average Bonchev–Trinajstić information content (AvgIpc) is 3.60. The molecular weight excluding hydrogens is 596 g/mol. The van der Waals surface area contributed by atoms with Crippen LogP contribution in [0.2, 0.25) is 0 Å². The molecular formula is C42H46N2O4. The van der Waals surface area contributed by atoms with Gasteiger partial charge in [-0.1, -0.05) is 125 Å². The van der Waals surface area contributed by atoms with Gasteiger partial charge in [0.1, 0.15) is 6.04 Å². The molecule has 1 aliphatic carbocycles. The number of hydrogen-bond donors (Lipinski definition) is 2. The van der Waals surface area contributed by atoms with Crippen LogP contribution in [0.3, 0.4) is 0 Å². The molecule has 6 nitrogen and oxygen atoms in total. The normalized spacial score (nSPS) is 17.1. The molecule has 4 aromatic carbocycles. The van der Waals surface area contributed by atoms with Crippen LogP contribution >= 0.6 is 0 Å². The van der Waals surface area contributed by atoms with Gasteiger partial charge in [0.05, 0.1) is 12.5 Å². The Balaban J connectivity index is 1.33. The molecule has 0 bridgehead atoms. The van der Waals surface area contributed by atoms with Gasteiger partial charge in [-0.15, -0.1) is 0 Å². The second-order valence-corrected chi connectivity index (χ2v) is 14.5. The van der Waals surface area contributed by atoms with E-state index in [1.807, 2.05) is 54.6 Å². The molecule has 1 fully saturated rings. The number of fused-ring (bicyclic) bond motifs is 1. The summed E-state index contributed by atoms with van der Waals surface area (Å²) >= 11 is 0. The van der Waals surface area contributed by atoms with Crippen LogP contribution in [0.25, 0.3) is 22.3 Å². The van der Waals surface area contributed by atoms with Crippen molar-refractivity contribution in [2.24, 2.45) is 5.92 Å². The van der Waals surface area contributed by atoms with Crippen molar-refractivity contribution >= 4 is 17.8 Å². The van der Waals surface area contributed by atoms with E-state index in [1.54, 1.807) is 4.90 Å². The Bertz CT molecular complexity index is 1750. The van der Waals surface area contributed by atoms with Crippen molar-refractivity contribution in [1.82, 2.24) is 10.2 Å². The number of rotatable bonds is 9. The van der Waals surface area contributed by atoms with Crippen LogP contribution in [-0.4, -0.2) is 34.3 Å². The molecule has 1 saturated carbocycles. The minimum Gasteiger partial charge on any atom is -0.481 e. The number of carboxylic acids is 1. The summed E-state index contributed by atoms with van der Waals surface area (Å²) in [5.74, 6) is -1.02. The summed E-state index contributed by atoms with van der Waals surface area (Å²) in [6.07, 6.45) is 5.20. The highest BCUT2D eigenvalue weighted by molar-refractivity contribution is 5.91. The maximum atomic E-state index is 14.5. The Labute approximate surface area is 284 Å². The van der Waals surface area contributed by atoms with Crippen molar-refractivity contribution in [3.05, 3.63) is 119 Å². The van der Waals surface area contributed by atoms with E-state index in [2.05, 4.69) is 68.6 Å². The molecule has 48 heavy (non-hydrogen) atoms. The summed E-state index contributed by atoms with van der Waals surface area (Å²) in [6.45, 7) is 7.02. The molecule has 0 aromatic heterocycles. The maximum absolute atomic E-state index is 14.5. The molecule has 1 heterocycles. The molecule has 4 aromatic rings. The first-order chi connectivity index (χ1) is 23.1. The number of amides is 2. The molecule has 0 saturated heterocycles. The third kappa shape index (κ3) is 7.54. The lowest BCUT2D eigenvalue weighted by molar-refractivity contribution is -0.143. The molecule has 1 aliphatic heterocycles. The van der Waals surface area contributed by atoms with Crippen LogP contribution in [-0.2, 0) is 26.2 Å². The van der Waals surface area contributed by atoms with Crippen molar-refractivity contribution in [2.75, 3.05) is 6.54 Å². The Hall–Kier alpha value is -4.71. The van der Waals surface area contributed by atoms with E-state index in [1.165, 1.54) is 5.56 Å². The average molecular weight is 643 g/mol. The fourth-order valence-electron chi connectivity index (χ4n) is 7.30. The van der Waals surface area contributed by atoms with E-state index < -0.39 is 18.1 Å². The predicted octanol–water partition coefficient (Wildman–Crippen LogP) is 8.66. The summed E-state index contributed by atoms with van der Waals surface area (Å²) in [6, 6.07) is 30.8. The van der Waals surface area contributed by atoms with Crippen LogP contribution in [0.4, 0.5) is 0 Å². The fraction of sp³-hybridized carbons (Fsp3) is 0.357. The number of benzene rings is 4. The van der Waals surface area contributed by atoms with Crippen LogP contribution in [0.5, 0.6) is 0 Å². The number of hydrogen-bond acceptors (Lipinski definition) is 3. The molecule has 0 spiro atoms. The SMILES string of the molecule is CC(C)(C)c1ccc(-c2ccc3c(c2)C(C(=O)NC(CC(=O)O)c2ccc(-c4ccccc4)cc2)N(C(=O)CC2CCCC2)CC3)cc1. The first-order valence-corrected chi connectivity index (χ1v) is 17.3. The van der Waals surface area contributed by atoms with Crippen LogP contribution in [0, 0.1) is 5.92 Å². The Morgan fingerprint density at radius 2 is 1.42 bits per heavy atom. The minimum absolute atomic E-state index is 0.00497. The quantitative estimate of drug-likeness (QED) is 0.191. The largest absolute Gasteiger partial charge is 0.481 e. The summed E-state index contributed by atoms with van der Waals surface area (Å²) in [5, 5.41) is 13.0. The highest BCUT2D eigenvalue weighted by atomic mass is 16.4. The standard InChI is InChI=1S/C42H46N2O4/c1-42(2,3)35-21-19-31(20-22-35)34-18-15-32-23-24-44(38(45)25-28-9-7-8-10-28)40(36(32)26-34)41(48)43-37(27-39(46)47)33-16-13-30(14-17-33)29-11-5-4-6-12-29/h4-6,11-22,26,28,37,40H,7-10,23-25,27H2,1-3H3,(H,43,48)(H,46,47). The zero-order valence-corrected chi connectivity index (χ0v) is 28.2. The smallest absolute Gasteiger partial charge is 0.305 e. The predicted molar refractivity (Wildman–Crippen MR) is 190 cm³/mol. The van der Waals surface area contributed by atoms with Gasteiger partial charge in [-0.25, -0.2) is 0 Å². The van der Waals surface area contributed by atoms with Crippen LogP contribution in [0.15, 0.2) is 97.1 Å². The fourth-order valence-corrected chi connectivity index (χ4v) is 7.30. The van der Waals surface area contributed by atoms with Gasteiger partial charge in [0.25, 0.3) is 0 Å². The van der Waals surface area contributed by atoms with E-state index in [4.69, 9.17) is 0 Å². The summed E-state index contributed by atoms with van der Waals surface area (Å²) < 4.78 is 0. The van der Waals surface area contributed by atoms with Crippen molar-refractivity contribution in [3.8, 4) is 22.3 Å². The second kappa shape index (κ2) is 14.2. The molecule has 2 unspecified atom stereocenters. The van der Waals surface area contributed by atoms with Crippen molar-refractivity contribution in [3.63, 3.8) is 0 Å². The van der Waals surface area contributed by atoms with Crippen LogP contribution in [0.1, 0.15) is 93.6 Å². The van der Waals surface area contributed by atoms with E-state index in [0.29, 0.717) is 30.9 Å². The Kier molecular flexibility index (Phi) is 9.81.